The molecule has 0 aliphatic carbocycles. The van der Waals surface area contributed by atoms with Crippen LogP contribution < -0.4 is 10.5 Å². The second-order valence-corrected chi connectivity index (χ2v) is 5.03. The lowest BCUT2D eigenvalue weighted by atomic mass is 10.0. The summed E-state index contributed by atoms with van der Waals surface area (Å²) in [6.07, 6.45) is -0.0659. The molecule has 0 heterocycles. The molecule has 2 unspecified atom stereocenters. The van der Waals surface area contributed by atoms with Gasteiger partial charge in [0.2, 0.25) is 0 Å². The first-order valence-corrected chi connectivity index (χ1v) is 6.62. The van der Waals surface area contributed by atoms with Crippen molar-refractivity contribution in [3.05, 3.63) is 65.2 Å². The van der Waals surface area contributed by atoms with E-state index in [9.17, 15) is 0 Å². The van der Waals surface area contributed by atoms with Crippen molar-refractivity contribution in [3.63, 3.8) is 0 Å². The Balaban J connectivity index is 2.10. The van der Waals surface area contributed by atoms with Crippen molar-refractivity contribution in [1.29, 1.82) is 0 Å². The van der Waals surface area contributed by atoms with Crippen LogP contribution in [0.1, 0.15) is 29.7 Å². The zero-order valence-electron chi connectivity index (χ0n) is 11.8. The number of hydrogen-bond acceptors (Lipinski definition) is 2. The van der Waals surface area contributed by atoms with Crippen molar-refractivity contribution in [1.82, 2.24) is 0 Å². The summed E-state index contributed by atoms with van der Waals surface area (Å²) in [5, 5.41) is 0. The Morgan fingerprint density at radius 1 is 1.00 bits per heavy atom. The van der Waals surface area contributed by atoms with Gasteiger partial charge < -0.3 is 10.5 Å². The highest BCUT2D eigenvalue weighted by Gasteiger charge is 2.16. The molecule has 19 heavy (non-hydrogen) atoms. The summed E-state index contributed by atoms with van der Waals surface area (Å²) in [7, 11) is 0. The Morgan fingerprint density at radius 2 is 1.68 bits per heavy atom. The van der Waals surface area contributed by atoms with Gasteiger partial charge in [0.15, 0.2) is 0 Å². The minimum Gasteiger partial charge on any atom is -0.488 e. The number of aryl methyl sites for hydroxylation is 2. The maximum absolute atomic E-state index is 6.24. The lowest BCUT2D eigenvalue weighted by molar-refractivity contribution is 0.189. The van der Waals surface area contributed by atoms with E-state index in [1.165, 1.54) is 5.56 Å². The Bertz CT molecular complexity index is 536. The second-order valence-electron chi connectivity index (χ2n) is 5.03. The van der Waals surface area contributed by atoms with Crippen molar-refractivity contribution in [2.45, 2.75) is 32.9 Å². The van der Waals surface area contributed by atoms with E-state index in [4.69, 9.17) is 10.5 Å². The van der Waals surface area contributed by atoms with Gasteiger partial charge in [0, 0.05) is 0 Å². The van der Waals surface area contributed by atoms with Crippen molar-refractivity contribution in [2.24, 2.45) is 5.73 Å². The highest BCUT2D eigenvalue weighted by molar-refractivity contribution is 5.36. The molecule has 0 radical (unpaired) electrons. The van der Waals surface area contributed by atoms with E-state index < -0.39 is 0 Å². The third kappa shape index (κ3) is 3.36. The van der Waals surface area contributed by atoms with E-state index in [1.54, 1.807) is 0 Å². The van der Waals surface area contributed by atoms with Gasteiger partial charge in [-0.1, -0.05) is 48.0 Å². The smallest absolute Gasteiger partial charge is 0.122 e. The van der Waals surface area contributed by atoms with Gasteiger partial charge in [-0.25, -0.2) is 0 Å². The third-order valence-electron chi connectivity index (χ3n) is 3.33. The highest BCUT2D eigenvalue weighted by atomic mass is 16.5. The monoisotopic (exact) mass is 255 g/mol. The minimum atomic E-state index is -0.123. The summed E-state index contributed by atoms with van der Waals surface area (Å²) in [5.74, 6) is 0.907. The largest absolute Gasteiger partial charge is 0.488 e. The summed E-state index contributed by atoms with van der Waals surface area (Å²) >= 11 is 0. The molecule has 100 valence electrons. The lowest BCUT2D eigenvalue weighted by Gasteiger charge is -2.23. The molecular formula is C17H21NO. The molecule has 2 heteroatoms. The summed E-state index contributed by atoms with van der Waals surface area (Å²) < 4.78 is 5.99. The SMILES string of the molecule is Cc1ccc(OC(C)C(N)c2ccccc2)c(C)c1. The van der Waals surface area contributed by atoms with Gasteiger partial charge in [0.25, 0.3) is 0 Å². The van der Waals surface area contributed by atoms with Crippen molar-refractivity contribution < 1.29 is 4.74 Å². The number of rotatable bonds is 4. The molecule has 2 rings (SSSR count). The van der Waals surface area contributed by atoms with Gasteiger partial charge in [0.1, 0.15) is 11.9 Å². The first kappa shape index (κ1) is 13.6. The predicted octanol–water partition coefficient (Wildman–Crippen LogP) is 3.77. The van der Waals surface area contributed by atoms with Gasteiger partial charge in [-0.2, -0.15) is 0 Å². The van der Waals surface area contributed by atoms with Crippen molar-refractivity contribution in [2.75, 3.05) is 0 Å². The van der Waals surface area contributed by atoms with Gasteiger partial charge in [-0.05, 0) is 38.0 Å². The van der Waals surface area contributed by atoms with E-state index in [-0.39, 0.29) is 12.1 Å². The average Bonchev–Trinajstić information content (AvgIpc) is 2.42. The molecule has 0 fully saturated rings. The van der Waals surface area contributed by atoms with Gasteiger partial charge in [-0.15, -0.1) is 0 Å². The number of hydrogen-bond donors (Lipinski definition) is 1. The zero-order chi connectivity index (χ0) is 13.8. The maximum atomic E-state index is 6.24. The molecule has 0 saturated heterocycles. The quantitative estimate of drug-likeness (QED) is 0.902. The molecule has 0 aliphatic heterocycles. The van der Waals surface area contributed by atoms with Crippen LogP contribution in [0.2, 0.25) is 0 Å². The van der Waals surface area contributed by atoms with Gasteiger partial charge >= 0.3 is 0 Å². The number of nitrogens with two attached hydrogens (primary N) is 1. The molecule has 0 spiro atoms. The summed E-state index contributed by atoms with van der Waals surface area (Å²) in [6.45, 7) is 6.15. The summed E-state index contributed by atoms with van der Waals surface area (Å²) in [6, 6.07) is 16.1. The molecule has 2 aromatic rings. The maximum Gasteiger partial charge on any atom is 0.122 e. The highest BCUT2D eigenvalue weighted by Crippen LogP contribution is 2.23. The minimum absolute atomic E-state index is 0.0659. The Kier molecular flexibility index (Phi) is 4.23. The van der Waals surface area contributed by atoms with Crippen molar-refractivity contribution >= 4 is 0 Å². The van der Waals surface area contributed by atoms with Crippen LogP contribution in [0.5, 0.6) is 5.75 Å². The summed E-state index contributed by atoms with van der Waals surface area (Å²) in [4.78, 5) is 0. The molecule has 0 aromatic heterocycles. The van der Waals surface area contributed by atoms with Crippen molar-refractivity contribution in [3.8, 4) is 5.75 Å². The normalized spacial score (nSPS) is 13.9. The fraction of sp³-hybridized carbons (Fsp3) is 0.294. The van der Waals surface area contributed by atoms with Crippen LogP contribution >= 0.6 is 0 Å². The van der Waals surface area contributed by atoms with Crippen LogP contribution in [0.3, 0.4) is 0 Å². The topological polar surface area (TPSA) is 35.2 Å². The van der Waals surface area contributed by atoms with E-state index in [2.05, 4.69) is 26.0 Å². The van der Waals surface area contributed by atoms with E-state index in [0.29, 0.717) is 0 Å². The summed E-state index contributed by atoms with van der Waals surface area (Å²) in [5.41, 5.74) is 9.72. The van der Waals surface area contributed by atoms with Crippen LogP contribution in [-0.2, 0) is 0 Å². The fourth-order valence-corrected chi connectivity index (χ4v) is 2.15. The van der Waals surface area contributed by atoms with E-state index >= 15 is 0 Å². The second kappa shape index (κ2) is 5.89. The predicted molar refractivity (Wildman–Crippen MR) is 79.4 cm³/mol. The van der Waals surface area contributed by atoms with Crippen LogP contribution in [0.4, 0.5) is 0 Å². The average molecular weight is 255 g/mol. The Labute approximate surface area is 115 Å². The lowest BCUT2D eigenvalue weighted by Crippen LogP contribution is -2.28. The van der Waals surface area contributed by atoms with Crippen LogP contribution in [-0.4, -0.2) is 6.10 Å². The standard InChI is InChI=1S/C17H21NO/c1-12-9-10-16(13(2)11-12)19-14(3)17(18)15-7-5-4-6-8-15/h4-11,14,17H,18H2,1-3H3. The van der Waals surface area contributed by atoms with Crippen LogP contribution in [0.15, 0.2) is 48.5 Å². The molecular weight excluding hydrogens is 234 g/mol. The first-order chi connectivity index (χ1) is 9.08. The number of ether oxygens (including phenoxy) is 1. The molecule has 2 nitrogen and oxygen atoms in total. The van der Waals surface area contributed by atoms with E-state index in [0.717, 1.165) is 16.9 Å². The Hall–Kier alpha value is -1.80. The van der Waals surface area contributed by atoms with Crippen LogP contribution in [0.25, 0.3) is 0 Å². The van der Waals surface area contributed by atoms with Crippen LogP contribution in [0, 0.1) is 13.8 Å². The van der Waals surface area contributed by atoms with Gasteiger partial charge in [-0.3, -0.25) is 0 Å². The molecule has 2 atom stereocenters. The molecule has 2 aromatic carbocycles. The fourth-order valence-electron chi connectivity index (χ4n) is 2.15. The van der Waals surface area contributed by atoms with E-state index in [1.807, 2.05) is 43.3 Å². The molecule has 2 N–H and O–H groups in total. The molecule has 0 aliphatic rings. The zero-order valence-corrected chi connectivity index (χ0v) is 11.8. The van der Waals surface area contributed by atoms with Gasteiger partial charge in [0.05, 0.1) is 6.04 Å². The molecule has 0 bridgehead atoms. The molecule has 0 amide bonds. The first-order valence-electron chi connectivity index (χ1n) is 6.62. The number of benzene rings is 2. The third-order valence-corrected chi connectivity index (χ3v) is 3.33. The Morgan fingerprint density at radius 3 is 2.32 bits per heavy atom. The molecule has 0 saturated carbocycles.